The molecular weight excluding hydrogens is 436 g/mol. The van der Waals surface area contributed by atoms with E-state index in [2.05, 4.69) is 26.1 Å². The number of anilines is 1. The second-order valence-corrected chi connectivity index (χ2v) is 8.39. The van der Waals surface area contributed by atoms with Crippen molar-refractivity contribution in [2.24, 2.45) is 0 Å². The topological polar surface area (TPSA) is 95.8 Å². The molecule has 1 N–H and O–H groups in total. The van der Waals surface area contributed by atoms with Crippen LogP contribution in [-0.4, -0.2) is 54.4 Å². The van der Waals surface area contributed by atoms with Crippen molar-refractivity contribution in [1.82, 2.24) is 10.2 Å². The first kappa shape index (κ1) is 19.3. The van der Waals surface area contributed by atoms with Crippen molar-refractivity contribution in [2.75, 3.05) is 37.6 Å². The van der Waals surface area contributed by atoms with Crippen LogP contribution >= 0.6 is 27.3 Å². The van der Waals surface area contributed by atoms with E-state index in [1.165, 1.54) is 23.5 Å². The molecular formula is C17H17BrN4O4S. The largest absolute Gasteiger partial charge is 0.368 e. The summed E-state index contributed by atoms with van der Waals surface area (Å²) >= 11 is 4.62. The number of hydrogen-bond acceptors (Lipinski definition) is 6. The van der Waals surface area contributed by atoms with Crippen LogP contribution in [0.25, 0.3) is 0 Å². The maximum Gasteiger partial charge on any atom is 0.269 e. The molecule has 2 amide bonds. The first-order chi connectivity index (χ1) is 12.9. The fourth-order valence-corrected chi connectivity index (χ4v) is 4.09. The molecule has 1 aromatic heterocycles. The molecule has 0 bridgehead atoms. The van der Waals surface area contributed by atoms with Crippen LogP contribution in [0.5, 0.6) is 0 Å². The van der Waals surface area contributed by atoms with E-state index >= 15 is 0 Å². The average Bonchev–Trinajstić information content (AvgIpc) is 3.12. The molecule has 1 aromatic carbocycles. The van der Waals surface area contributed by atoms with Gasteiger partial charge in [0, 0.05) is 44.0 Å². The number of nitro groups is 1. The van der Waals surface area contributed by atoms with Gasteiger partial charge in [0.05, 0.1) is 20.1 Å². The maximum atomic E-state index is 12.3. The molecule has 0 unspecified atom stereocenters. The van der Waals surface area contributed by atoms with Gasteiger partial charge in [0.15, 0.2) is 0 Å². The number of benzene rings is 1. The number of carbonyl (C=O) groups is 2. The van der Waals surface area contributed by atoms with Crippen molar-refractivity contribution in [3.63, 3.8) is 0 Å². The van der Waals surface area contributed by atoms with Crippen LogP contribution in [0.15, 0.2) is 40.2 Å². The molecule has 3 rings (SSSR count). The molecule has 0 aliphatic carbocycles. The standard InChI is InChI=1S/C17H17BrN4O4S/c18-15-6-5-14(27-15)17(24)19-11-16(23)21-9-7-20(8-10-21)12-1-3-13(4-2-12)22(25)26/h1-6H,7-11H2,(H,19,24). The van der Waals surface area contributed by atoms with E-state index in [1.807, 2.05) is 0 Å². The fraction of sp³-hybridized carbons (Fsp3) is 0.294. The first-order valence-corrected chi connectivity index (χ1v) is 9.86. The second-order valence-electron chi connectivity index (χ2n) is 5.93. The molecule has 1 aliphatic heterocycles. The van der Waals surface area contributed by atoms with E-state index < -0.39 is 4.92 Å². The van der Waals surface area contributed by atoms with Gasteiger partial charge in [-0.3, -0.25) is 19.7 Å². The van der Waals surface area contributed by atoms with Crippen molar-refractivity contribution in [3.05, 3.63) is 55.2 Å². The Bertz CT molecular complexity index is 847. The van der Waals surface area contributed by atoms with Gasteiger partial charge in [-0.1, -0.05) is 0 Å². The predicted octanol–water partition coefficient (Wildman–Crippen LogP) is 2.50. The number of non-ortho nitro benzene ring substituents is 1. The minimum Gasteiger partial charge on any atom is -0.368 e. The quantitative estimate of drug-likeness (QED) is 0.555. The van der Waals surface area contributed by atoms with Gasteiger partial charge in [-0.15, -0.1) is 11.3 Å². The summed E-state index contributed by atoms with van der Waals surface area (Å²) in [7, 11) is 0. The number of thiophene rings is 1. The Kier molecular flexibility index (Phi) is 6.07. The smallest absolute Gasteiger partial charge is 0.269 e. The van der Waals surface area contributed by atoms with Crippen LogP contribution in [0.2, 0.25) is 0 Å². The lowest BCUT2D eigenvalue weighted by Crippen LogP contribution is -2.51. The Morgan fingerprint density at radius 2 is 1.78 bits per heavy atom. The Labute approximate surface area is 168 Å². The van der Waals surface area contributed by atoms with Gasteiger partial charge < -0.3 is 15.1 Å². The summed E-state index contributed by atoms with van der Waals surface area (Å²) in [6.07, 6.45) is 0. The number of nitro benzene ring substituents is 1. The van der Waals surface area contributed by atoms with Crippen LogP contribution in [0.1, 0.15) is 9.67 Å². The molecule has 0 saturated carbocycles. The monoisotopic (exact) mass is 452 g/mol. The Hall–Kier alpha value is -2.46. The minimum atomic E-state index is -0.427. The summed E-state index contributed by atoms with van der Waals surface area (Å²) in [5.41, 5.74) is 0.949. The number of amides is 2. The highest BCUT2D eigenvalue weighted by Gasteiger charge is 2.22. The van der Waals surface area contributed by atoms with Gasteiger partial charge in [0.2, 0.25) is 5.91 Å². The third kappa shape index (κ3) is 4.83. The molecule has 2 heterocycles. The number of rotatable bonds is 5. The zero-order valence-corrected chi connectivity index (χ0v) is 16.7. The van der Waals surface area contributed by atoms with Crippen LogP contribution in [-0.2, 0) is 4.79 Å². The summed E-state index contributed by atoms with van der Waals surface area (Å²) in [6.45, 7) is 2.31. The molecule has 27 heavy (non-hydrogen) atoms. The second kappa shape index (κ2) is 8.49. The van der Waals surface area contributed by atoms with Crippen molar-refractivity contribution >= 4 is 50.5 Å². The van der Waals surface area contributed by atoms with Crippen molar-refractivity contribution in [1.29, 1.82) is 0 Å². The molecule has 1 saturated heterocycles. The summed E-state index contributed by atoms with van der Waals surface area (Å²) in [6, 6.07) is 9.89. The lowest BCUT2D eigenvalue weighted by atomic mass is 10.2. The van der Waals surface area contributed by atoms with E-state index in [9.17, 15) is 19.7 Å². The third-order valence-corrected chi connectivity index (χ3v) is 5.88. The molecule has 2 aromatic rings. The number of piperazine rings is 1. The van der Waals surface area contributed by atoms with Crippen LogP contribution in [0, 0.1) is 10.1 Å². The number of hydrogen-bond donors (Lipinski definition) is 1. The van der Waals surface area contributed by atoms with Gasteiger partial charge in [-0.2, -0.15) is 0 Å². The summed E-state index contributed by atoms with van der Waals surface area (Å²) in [4.78, 5) is 39.0. The van der Waals surface area contributed by atoms with E-state index in [0.29, 0.717) is 31.1 Å². The molecule has 0 spiro atoms. The SMILES string of the molecule is O=C(NCC(=O)N1CCN(c2ccc([N+](=O)[O-])cc2)CC1)c1ccc(Br)s1. The highest BCUT2D eigenvalue weighted by molar-refractivity contribution is 9.11. The van der Waals surface area contributed by atoms with Gasteiger partial charge >= 0.3 is 0 Å². The number of nitrogens with zero attached hydrogens (tertiary/aromatic N) is 3. The molecule has 8 nitrogen and oxygen atoms in total. The van der Waals surface area contributed by atoms with Gasteiger partial charge in [0.25, 0.3) is 11.6 Å². The van der Waals surface area contributed by atoms with Crippen LogP contribution in [0.4, 0.5) is 11.4 Å². The van der Waals surface area contributed by atoms with Gasteiger partial charge in [-0.25, -0.2) is 0 Å². The van der Waals surface area contributed by atoms with E-state index in [1.54, 1.807) is 29.2 Å². The minimum absolute atomic E-state index is 0.0358. The molecule has 0 radical (unpaired) electrons. The van der Waals surface area contributed by atoms with E-state index in [4.69, 9.17) is 0 Å². The Morgan fingerprint density at radius 1 is 1.11 bits per heavy atom. The van der Waals surface area contributed by atoms with Gasteiger partial charge in [0.1, 0.15) is 0 Å². The fourth-order valence-electron chi connectivity index (χ4n) is 2.79. The average molecular weight is 453 g/mol. The van der Waals surface area contributed by atoms with E-state index in [0.717, 1.165) is 9.47 Å². The van der Waals surface area contributed by atoms with E-state index in [-0.39, 0.29) is 24.0 Å². The number of nitrogens with one attached hydrogen (secondary N) is 1. The molecule has 10 heteroatoms. The summed E-state index contributed by atoms with van der Waals surface area (Å²) in [5, 5.41) is 13.4. The number of halogens is 1. The normalized spacial score (nSPS) is 14.1. The predicted molar refractivity (Wildman–Crippen MR) is 106 cm³/mol. The first-order valence-electron chi connectivity index (χ1n) is 8.25. The molecule has 142 valence electrons. The molecule has 1 aliphatic rings. The van der Waals surface area contributed by atoms with Crippen molar-refractivity contribution in [2.45, 2.75) is 0 Å². The lowest BCUT2D eigenvalue weighted by molar-refractivity contribution is -0.384. The third-order valence-electron chi connectivity index (χ3n) is 4.26. The molecule has 1 fully saturated rings. The maximum absolute atomic E-state index is 12.3. The molecule has 0 atom stereocenters. The van der Waals surface area contributed by atoms with Crippen molar-refractivity contribution < 1.29 is 14.5 Å². The zero-order chi connectivity index (χ0) is 19.4. The summed E-state index contributed by atoms with van der Waals surface area (Å²) < 4.78 is 0.862. The highest BCUT2D eigenvalue weighted by atomic mass is 79.9. The lowest BCUT2D eigenvalue weighted by Gasteiger charge is -2.36. The highest BCUT2D eigenvalue weighted by Crippen LogP contribution is 2.22. The van der Waals surface area contributed by atoms with Crippen molar-refractivity contribution in [3.8, 4) is 0 Å². The number of carbonyl (C=O) groups excluding carboxylic acids is 2. The Balaban J connectivity index is 1.47. The van der Waals surface area contributed by atoms with Gasteiger partial charge in [-0.05, 0) is 40.2 Å². The Morgan fingerprint density at radius 3 is 2.33 bits per heavy atom. The van der Waals surface area contributed by atoms with Crippen LogP contribution < -0.4 is 10.2 Å². The summed E-state index contributed by atoms with van der Waals surface area (Å²) in [5.74, 6) is -0.383. The zero-order valence-electron chi connectivity index (χ0n) is 14.3. The van der Waals surface area contributed by atoms with Crippen LogP contribution in [0.3, 0.4) is 0 Å².